The third-order valence-electron chi connectivity index (χ3n) is 3.20. The minimum absolute atomic E-state index is 0.372. The highest BCUT2D eigenvalue weighted by Gasteiger charge is 2.17. The van der Waals surface area contributed by atoms with Crippen LogP contribution in [-0.2, 0) is 19.9 Å². The van der Waals surface area contributed by atoms with Gasteiger partial charge in [0.25, 0.3) is 0 Å². The molecule has 2 rings (SSSR count). The van der Waals surface area contributed by atoms with Crippen molar-refractivity contribution in [3.63, 3.8) is 0 Å². The monoisotopic (exact) mass is 342 g/mol. The third-order valence-corrected chi connectivity index (χ3v) is 5.22. The Morgan fingerprint density at radius 2 is 2.16 bits per heavy atom. The summed E-state index contributed by atoms with van der Waals surface area (Å²) < 4.78 is 3.07. The van der Waals surface area contributed by atoms with E-state index in [1.54, 1.807) is 11.3 Å². The minimum atomic E-state index is 0.372. The molecule has 0 saturated carbocycles. The van der Waals surface area contributed by atoms with Crippen LogP contribution in [0.5, 0.6) is 0 Å². The van der Waals surface area contributed by atoms with E-state index in [-0.39, 0.29) is 0 Å². The van der Waals surface area contributed by atoms with Crippen molar-refractivity contribution in [1.29, 1.82) is 0 Å². The van der Waals surface area contributed by atoms with Gasteiger partial charge in [0.15, 0.2) is 0 Å². The van der Waals surface area contributed by atoms with Gasteiger partial charge in [-0.15, -0.1) is 11.3 Å². The molecule has 0 bridgehead atoms. The van der Waals surface area contributed by atoms with Crippen molar-refractivity contribution in [3.05, 3.63) is 31.9 Å². The Bertz CT molecular complexity index is 561. The molecule has 0 radical (unpaired) electrons. The summed E-state index contributed by atoms with van der Waals surface area (Å²) in [5.41, 5.74) is 3.37. The standard InChI is InChI=1S/C13H19BrN4S/c1-8-7-19-12(16-8)6-10(15-3)5-11-13(14)9(2)17-18(11)4/h7,10,15H,5-6H2,1-4H3. The van der Waals surface area contributed by atoms with E-state index in [2.05, 4.69) is 36.7 Å². The third kappa shape index (κ3) is 3.43. The quantitative estimate of drug-likeness (QED) is 0.908. The molecule has 2 aromatic heterocycles. The van der Waals surface area contributed by atoms with E-state index in [0.717, 1.165) is 28.7 Å². The number of likely N-dealkylation sites (N-methyl/N-ethyl adjacent to an activating group) is 1. The molecule has 19 heavy (non-hydrogen) atoms. The molecule has 104 valence electrons. The van der Waals surface area contributed by atoms with E-state index < -0.39 is 0 Å². The lowest BCUT2D eigenvalue weighted by atomic mass is 10.1. The second-order valence-corrected chi connectivity index (χ2v) is 6.48. The summed E-state index contributed by atoms with van der Waals surface area (Å²) in [4.78, 5) is 4.53. The highest BCUT2D eigenvalue weighted by molar-refractivity contribution is 9.10. The Hall–Kier alpha value is -0.720. The number of nitrogens with one attached hydrogen (secondary N) is 1. The smallest absolute Gasteiger partial charge is 0.0943 e. The lowest BCUT2D eigenvalue weighted by Crippen LogP contribution is -2.30. The number of thiazole rings is 1. The molecule has 1 unspecified atom stereocenters. The van der Waals surface area contributed by atoms with Crippen molar-refractivity contribution in [2.45, 2.75) is 32.7 Å². The molecule has 0 aliphatic heterocycles. The molecule has 0 aliphatic rings. The number of aryl methyl sites for hydroxylation is 3. The molecule has 6 heteroatoms. The number of hydrogen-bond acceptors (Lipinski definition) is 4. The number of aromatic nitrogens is 3. The molecule has 0 aromatic carbocycles. The van der Waals surface area contributed by atoms with Crippen molar-refractivity contribution in [2.75, 3.05) is 7.05 Å². The Morgan fingerprint density at radius 3 is 2.63 bits per heavy atom. The summed E-state index contributed by atoms with van der Waals surface area (Å²) in [5, 5.41) is 11.1. The van der Waals surface area contributed by atoms with Crippen molar-refractivity contribution in [3.8, 4) is 0 Å². The van der Waals surface area contributed by atoms with Crippen molar-refractivity contribution >= 4 is 27.3 Å². The van der Waals surface area contributed by atoms with Crippen molar-refractivity contribution in [1.82, 2.24) is 20.1 Å². The lowest BCUT2D eigenvalue weighted by molar-refractivity contribution is 0.531. The summed E-state index contributed by atoms with van der Waals surface area (Å²) in [6, 6.07) is 0.372. The predicted octanol–water partition coefficient (Wildman–Crippen LogP) is 2.63. The fourth-order valence-electron chi connectivity index (χ4n) is 2.12. The second-order valence-electron chi connectivity index (χ2n) is 4.75. The minimum Gasteiger partial charge on any atom is -0.316 e. The van der Waals surface area contributed by atoms with Crippen LogP contribution in [0.2, 0.25) is 0 Å². The SMILES string of the molecule is CNC(Cc1nc(C)cs1)Cc1c(Br)c(C)nn1C. The van der Waals surface area contributed by atoms with Gasteiger partial charge in [0.1, 0.15) is 0 Å². The van der Waals surface area contributed by atoms with Gasteiger partial charge in [-0.2, -0.15) is 5.10 Å². The maximum atomic E-state index is 4.53. The molecule has 2 aromatic rings. The molecular formula is C13H19BrN4S. The zero-order valence-corrected chi connectivity index (χ0v) is 14.1. The van der Waals surface area contributed by atoms with Crippen LogP contribution in [-0.4, -0.2) is 27.9 Å². The normalized spacial score (nSPS) is 12.9. The highest BCUT2D eigenvalue weighted by atomic mass is 79.9. The predicted molar refractivity (Wildman–Crippen MR) is 82.8 cm³/mol. The van der Waals surface area contributed by atoms with Crippen LogP contribution in [0.25, 0.3) is 0 Å². The zero-order valence-electron chi connectivity index (χ0n) is 11.7. The highest BCUT2D eigenvalue weighted by Crippen LogP contribution is 2.22. The Kier molecular flexibility index (Phi) is 4.76. The molecule has 1 N–H and O–H groups in total. The maximum absolute atomic E-state index is 4.53. The summed E-state index contributed by atoms with van der Waals surface area (Å²) in [5.74, 6) is 0. The first-order valence-corrected chi connectivity index (χ1v) is 7.94. The van der Waals surface area contributed by atoms with Gasteiger partial charge in [0, 0.05) is 37.0 Å². The van der Waals surface area contributed by atoms with Gasteiger partial charge < -0.3 is 5.32 Å². The Morgan fingerprint density at radius 1 is 1.42 bits per heavy atom. The fraction of sp³-hybridized carbons (Fsp3) is 0.538. The molecule has 0 fully saturated rings. The Balaban J connectivity index is 2.10. The molecule has 0 spiro atoms. The van der Waals surface area contributed by atoms with E-state index in [1.165, 1.54) is 10.7 Å². The molecule has 0 amide bonds. The molecule has 2 heterocycles. The number of nitrogens with zero attached hydrogens (tertiary/aromatic N) is 3. The van der Waals surface area contributed by atoms with Crippen LogP contribution in [0, 0.1) is 13.8 Å². The zero-order chi connectivity index (χ0) is 14.0. The fourth-order valence-corrected chi connectivity index (χ4v) is 3.47. The van der Waals surface area contributed by atoms with Crippen LogP contribution >= 0.6 is 27.3 Å². The van der Waals surface area contributed by atoms with Crippen molar-refractivity contribution in [2.24, 2.45) is 7.05 Å². The Labute approximate surface area is 126 Å². The number of rotatable bonds is 5. The first-order chi connectivity index (χ1) is 9.01. The molecule has 0 aliphatic carbocycles. The van der Waals surface area contributed by atoms with Crippen LogP contribution in [0.3, 0.4) is 0 Å². The van der Waals surface area contributed by atoms with Gasteiger partial charge in [0.2, 0.25) is 0 Å². The average Bonchev–Trinajstić information content (AvgIpc) is 2.87. The van der Waals surface area contributed by atoms with Crippen LogP contribution in [0.4, 0.5) is 0 Å². The van der Waals surface area contributed by atoms with Gasteiger partial charge in [0.05, 0.1) is 20.9 Å². The second kappa shape index (κ2) is 6.15. The topological polar surface area (TPSA) is 42.7 Å². The van der Waals surface area contributed by atoms with Crippen molar-refractivity contribution < 1.29 is 0 Å². The van der Waals surface area contributed by atoms with E-state index in [9.17, 15) is 0 Å². The van der Waals surface area contributed by atoms with E-state index >= 15 is 0 Å². The first-order valence-electron chi connectivity index (χ1n) is 6.27. The number of halogens is 1. The molecule has 1 atom stereocenters. The van der Waals surface area contributed by atoms with Gasteiger partial charge in [-0.1, -0.05) is 0 Å². The van der Waals surface area contributed by atoms with Crippen LogP contribution in [0.1, 0.15) is 22.1 Å². The first kappa shape index (κ1) is 14.7. The largest absolute Gasteiger partial charge is 0.316 e. The summed E-state index contributed by atoms with van der Waals surface area (Å²) >= 11 is 5.36. The molecule has 0 saturated heterocycles. The summed E-state index contributed by atoms with van der Waals surface area (Å²) in [6.07, 6.45) is 1.89. The van der Waals surface area contributed by atoms with Gasteiger partial charge in [-0.05, 0) is 36.8 Å². The van der Waals surface area contributed by atoms with Crippen LogP contribution < -0.4 is 5.32 Å². The van der Waals surface area contributed by atoms with Gasteiger partial charge in [-0.25, -0.2) is 4.98 Å². The maximum Gasteiger partial charge on any atom is 0.0943 e. The number of hydrogen-bond donors (Lipinski definition) is 1. The average molecular weight is 343 g/mol. The van der Waals surface area contributed by atoms with E-state index in [1.807, 2.05) is 32.6 Å². The summed E-state index contributed by atoms with van der Waals surface area (Å²) in [6.45, 7) is 4.06. The lowest BCUT2D eigenvalue weighted by Gasteiger charge is -2.15. The van der Waals surface area contributed by atoms with E-state index in [4.69, 9.17) is 0 Å². The molecular weight excluding hydrogens is 324 g/mol. The summed E-state index contributed by atoms with van der Waals surface area (Å²) in [7, 11) is 4.00. The van der Waals surface area contributed by atoms with Gasteiger partial charge >= 0.3 is 0 Å². The van der Waals surface area contributed by atoms with E-state index in [0.29, 0.717) is 6.04 Å². The molecule has 4 nitrogen and oxygen atoms in total. The van der Waals surface area contributed by atoms with Gasteiger partial charge in [-0.3, -0.25) is 4.68 Å². The van der Waals surface area contributed by atoms with Crippen LogP contribution in [0.15, 0.2) is 9.85 Å².